The van der Waals surface area contributed by atoms with E-state index in [0.717, 1.165) is 89.7 Å². The zero-order valence-electron chi connectivity index (χ0n) is 27.5. The topological polar surface area (TPSA) is 62.8 Å². The van der Waals surface area contributed by atoms with Crippen LogP contribution in [0.5, 0.6) is 0 Å². The molecule has 1 aromatic heterocycles. The molecule has 8 nitrogen and oxygen atoms in total. The molecule has 0 radical (unpaired) electrons. The van der Waals surface area contributed by atoms with E-state index in [9.17, 15) is 4.39 Å². The summed E-state index contributed by atoms with van der Waals surface area (Å²) >= 11 is 5.86. The lowest BCUT2D eigenvalue weighted by Crippen LogP contribution is -2.48. The van der Waals surface area contributed by atoms with Crippen molar-refractivity contribution in [1.82, 2.24) is 15.3 Å². The van der Waals surface area contributed by atoms with E-state index in [1.807, 2.05) is 12.1 Å². The molecule has 0 amide bonds. The number of para-hydroxylation sites is 2. The van der Waals surface area contributed by atoms with Gasteiger partial charge in [0, 0.05) is 81.8 Å². The molecule has 2 saturated heterocycles. The Morgan fingerprint density at radius 2 is 1.12 bits per heavy atom. The maximum absolute atomic E-state index is 13.8. The Hall–Kier alpha value is -4.44. The van der Waals surface area contributed by atoms with Crippen LogP contribution >= 0.6 is 12.2 Å². The Morgan fingerprint density at radius 1 is 0.646 bits per heavy atom. The second kappa shape index (κ2) is 14.8. The van der Waals surface area contributed by atoms with Gasteiger partial charge in [0.05, 0.1) is 0 Å². The third kappa shape index (κ3) is 7.49. The fourth-order valence-corrected chi connectivity index (χ4v) is 7.63. The van der Waals surface area contributed by atoms with E-state index in [0.29, 0.717) is 17.6 Å². The van der Waals surface area contributed by atoms with Gasteiger partial charge in [-0.05, 0) is 67.0 Å². The smallest absolute Gasteiger partial charge is 0.232 e. The molecule has 10 heteroatoms. The maximum atomic E-state index is 13.8. The third-order valence-corrected chi connectivity index (χ3v) is 10.5. The van der Waals surface area contributed by atoms with Crippen LogP contribution in [0, 0.1) is 5.82 Å². The number of rotatable bonds is 8. The summed E-state index contributed by atoms with van der Waals surface area (Å²) in [5.41, 5.74) is 3.60. The number of thiocarbonyl (C=S) groups is 1. The van der Waals surface area contributed by atoms with Crippen LogP contribution in [0.15, 0.2) is 91.0 Å². The minimum Gasteiger partial charge on any atom is -0.368 e. The predicted octanol–water partition coefficient (Wildman–Crippen LogP) is 6.46. The molecule has 0 bridgehead atoms. The number of anilines is 5. The van der Waals surface area contributed by atoms with Crippen molar-refractivity contribution >= 4 is 46.3 Å². The first-order valence-corrected chi connectivity index (χ1v) is 17.8. The molecule has 3 heterocycles. The number of hydrogen-bond donors (Lipinski definition) is 2. The van der Waals surface area contributed by atoms with Crippen LogP contribution in [-0.4, -0.2) is 74.0 Å². The van der Waals surface area contributed by atoms with Gasteiger partial charge in [0.2, 0.25) is 5.95 Å². The second-order valence-corrected chi connectivity index (χ2v) is 13.6. The molecule has 1 saturated carbocycles. The summed E-state index contributed by atoms with van der Waals surface area (Å²) in [7, 11) is 0. The Morgan fingerprint density at radius 3 is 1.62 bits per heavy atom. The first-order valence-electron chi connectivity index (χ1n) is 17.3. The van der Waals surface area contributed by atoms with Crippen molar-refractivity contribution < 1.29 is 4.39 Å². The molecule has 7 rings (SSSR count). The Balaban J connectivity index is 1.07. The molecule has 2 N–H and O–H groups in total. The van der Waals surface area contributed by atoms with E-state index < -0.39 is 0 Å². The molecule has 4 aromatic rings. The first-order chi connectivity index (χ1) is 23.5. The fourth-order valence-electron chi connectivity index (χ4n) is 7.46. The maximum Gasteiger partial charge on any atom is 0.232 e. The minimum atomic E-state index is -0.203. The SMILES string of the molecule is Fc1ccc(C2(CNC(=S)Nc3nc(N4CCN(c5ccccc5)CC4)cc(N4CCN(c5ccccc5)CC4)n3)CCCCC2)cc1. The molecule has 0 unspecified atom stereocenters. The number of nitrogens with one attached hydrogen (secondary N) is 2. The number of hydrogen-bond acceptors (Lipinski definition) is 7. The van der Waals surface area contributed by atoms with Crippen LogP contribution in [0.2, 0.25) is 0 Å². The van der Waals surface area contributed by atoms with Gasteiger partial charge in [0.25, 0.3) is 0 Å². The highest BCUT2D eigenvalue weighted by Crippen LogP contribution is 2.39. The zero-order valence-corrected chi connectivity index (χ0v) is 28.3. The van der Waals surface area contributed by atoms with Crippen molar-refractivity contribution in [1.29, 1.82) is 0 Å². The average molecular weight is 665 g/mol. The standard InChI is InChI=1S/C38H45FN8S/c39-31-16-14-30(15-17-31)38(18-8-3-9-19-38)29-40-37(48)43-36-41-34(46-24-20-44(21-25-46)32-10-4-1-5-11-32)28-35(42-36)47-26-22-45(23-27-47)33-12-6-2-7-13-33/h1-2,4-7,10-17,28H,3,8-9,18-27,29H2,(H2,40,41,42,43,48). The largest absolute Gasteiger partial charge is 0.368 e. The van der Waals surface area contributed by atoms with E-state index in [2.05, 4.69) is 97.0 Å². The van der Waals surface area contributed by atoms with Gasteiger partial charge in [-0.1, -0.05) is 67.8 Å². The van der Waals surface area contributed by atoms with Crippen LogP contribution in [0.4, 0.5) is 33.3 Å². The van der Waals surface area contributed by atoms with E-state index in [1.165, 1.54) is 23.4 Å². The molecular weight excluding hydrogens is 620 g/mol. The van der Waals surface area contributed by atoms with Crippen molar-refractivity contribution in [2.45, 2.75) is 37.5 Å². The van der Waals surface area contributed by atoms with Crippen molar-refractivity contribution in [2.24, 2.45) is 0 Å². The molecule has 3 fully saturated rings. The van der Waals surface area contributed by atoms with Crippen molar-refractivity contribution in [3.63, 3.8) is 0 Å². The van der Waals surface area contributed by atoms with Gasteiger partial charge in [0.1, 0.15) is 17.5 Å². The van der Waals surface area contributed by atoms with Gasteiger partial charge in [-0.3, -0.25) is 0 Å². The Labute approximate surface area is 289 Å². The van der Waals surface area contributed by atoms with E-state index in [4.69, 9.17) is 22.2 Å². The van der Waals surface area contributed by atoms with Crippen LogP contribution in [0.25, 0.3) is 0 Å². The molecule has 2 aliphatic heterocycles. The highest BCUT2D eigenvalue weighted by atomic mass is 32.1. The first kappa shape index (κ1) is 32.1. The van der Waals surface area contributed by atoms with E-state index >= 15 is 0 Å². The van der Waals surface area contributed by atoms with Gasteiger partial charge < -0.3 is 30.2 Å². The Kier molecular flexibility index (Phi) is 9.88. The molecule has 1 aliphatic carbocycles. The fraction of sp³-hybridized carbons (Fsp3) is 0.395. The molecular formula is C38H45FN8S. The summed E-state index contributed by atoms with van der Waals surface area (Å²) in [6.07, 6.45) is 5.64. The monoisotopic (exact) mass is 664 g/mol. The zero-order chi connectivity index (χ0) is 32.8. The van der Waals surface area contributed by atoms with Gasteiger partial charge in [-0.15, -0.1) is 0 Å². The van der Waals surface area contributed by atoms with Crippen molar-refractivity contribution in [3.05, 3.63) is 102 Å². The predicted molar refractivity (Wildman–Crippen MR) is 199 cm³/mol. The molecule has 3 aromatic carbocycles. The molecule has 48 heavy (non-hydrogen) atoms. The van der Waals surface area contributed by atoms with Crippen molar-refractivity contribution in [2.75, 3.05) is 83.8 Å². The normalized spacial score (nSPS) is 18.0. The minimum absolute atomic E-state index is 0.0809. The van der Waals surface area contributed by atoms with Crippen molar-refractivity contribution in [3.8, 4) is 0 Å². The molecule has 250 valence electrons. The summed E-state index contributed by atoms with van der Waals surface area (Å²) in [6, 6.07) is 30.4. The van der Waals surface area contributed by atoms with Crippen LogP contribution in [-0.2, 0) is 5.41 Å². The number of piperazine rings is 2. The van der Waals surface area contributed by atoms with Gasteiger partial charge in [-0.2, -0.15) is 9.97 Å². The second-order valence-electron chi connectivity index (χ2n) is 13.2. The number of aromatic nitrogens is 2. The molecule has 3 aliphatic rings. The van der Waals surface area contributed by atoms with Gasteiger partial charge >= 0.3 is 0 Å². The summed E-state index contributed by atoms with van der Waals surface area (Å²) in [5.74, 6) is 2.14. The number of nitrogens with zero attached hydrogens (tertiary/aromatic N) is 6. The molecule has 0 spiro atoms. The summed E-state index contributed by atoms with van der Waals surface area (Å²) < 4.78 is 13.8. The van der Waals surface area contributed by atoms with Crippen LogP contribution < -0.4 is 30.2 Å². The van der Waals surface area contributed by atoms with Crippen LogP contribution in [0.3, 0.4) is 0 Å². The highest BCUT2D eigenvalue weighted by molar-refractivity contribution is 7.80. The quantitative estimate of drug-likeness (QED) is 0.207. The summed E-state index contributed by atoms with van der Waals surface area (Å²) in [6.45, 7) is 7.86. The van der Waals surface area contributed by atoms with Crippen LogP contribution in [0.1, 0.15) is 37.7 Å². The van der Waals surface area contributed by atoms with E-state index in [1.54, 1.807) is 12.1 Å². The summed E-state index contributed by atoms with van der Waals surface area (Å²) in [4.78, 5) is 19.6. The number of benzene rings is 3. The molecule has 0 atom stereocenters. The van der Waals surface area contributed by atoms with E-state index in [-0.39, 0.29) is 11.2 Å². The highest BCUT2D eigenvalue weighted by Gasteiger charge is 2.34. The lowest BCUT2D eigenvalue weighted by molar-refractivity contribution is 0.292. The number of halogens is 1. The third-order valence-electron chi connectivity index (χ3n) is 10.2. The van der Waals surface area contributed by atoms with Gasteiger partial charge in [0.15, 0.2) is 5.11 Å². The lowest BCUT2D eigenvalue weighted by Gasteiger charge is -2.39. The Bertz CT molecular complexity index is 1560. The average Bonchev–Trinajstić information content (AvgIpc) is 3.15. The van der Waals surface area contributed by atoms with Gasteiger partial charge in [-0.25, -0.2) is 4.39 Å². The summed E-state index contributed by atoms with van der Waals surface area (Å²) in [5, 5.41) is 7.37. The lowest BCUT2D eigenvalue weighted by atomic mass is 9.69.